The Kier molecular flexibility index (Phi) is 2.33. The Morgan fingerprint density at radius 3 is 2.71 bits per heavy atom. The van der Waals surface area contributed by atoms with E-state index in [-0.39, 0.29) is 0 Å². The molecule has 0 radical (unpaired) electrons. The van der Waals surface area contributed by atoms with Gasteiger partial charge in [0.25, 0.3) is 0 Å². The summed E-state index contributed by atoms with van der Waals surface area (Å²) in [4.78, 5) is 1.09. The van der Waals surface area contributed by atoms with E-state index in [0.717, 1.165) is 4.88 Å². The van der Waals surface area contributed by atoms with Crippen molar-refractivity contribution in [2.24, 2.45) is 5.16 Å². The lowest BCUT2D eigenvalue weighted by Gasteiger charge is -1.95. The van der Waals surface area contributed by atoms with Crippen LogP contribution in [0.3, 0.4) is 0 Å². The third-order valence-electron chi connectivity index (χ3n) is 2.33. The van der Waals surface area contributed by atoms with E-state index in [4.69, 9.17) is 5.21 Å². The summed E-state index contributed by atoms with van der Waals surface area (Å²) >= 11 is 3.46. The zero-order valence-corrected chi connectivity index (χ0v) is 9.92. The van der Waals surface area contributed by atoms with Crippen molar-refractivity contribution in [1.29, 1.82) is 0 Å². The summed E-state index contributed by atoms with van der Waals surface area (Å²) in [6.45, 7) is 6.04. The number of aryl methyl sites for hydroxylation is 2. The molecule has 2 aromatic heterocycles. The highest BCUT2D eigenvalue weighted by Crippen LogP contribution is 2.37. The van der Waals surface area contributed by atoms with Gasteiger partial charge in [-0.25, -0.2) is 0 Å². The summed E-state index contributed by atoms with van der Waals surface area (Å²) in [5, 5.41) is 15.5. The molecule has 0 unspecified atom stereocenters. The van der Waals surface area contributed by atoms with Gasteiger partial charge < -0.3 is 5.21 Å². The molecule has 0 saturated carbocycles. The minimum atomic E-state index is 0.704. The van der Waals surface area contributed by atoms with Gasteiger partial charge in [0, 0.05) is 5.39 Å². The fourth-order valence-corrected chi connectivity index (χ4v) is 4.08. The maximum atomic E-state index is 8.74. The van der Waals surface area contributed by atoms with E-state index in [2.05, 4.69) is 24.4 Å². The van der Waals surface area contributed by atoms with Crippen LogP contribution in [0.2, 0.25) is 0 Å². The minimum absolute atomic E-state index is 0.704. The number of fused-ring (bicyclic) bond motifs is 1. The number of thiophene rings is 2. The normalized spacial score (nSPS) is 12.6. The van der Waals surface area contributed by atoms with Crippen LogP contribution in [-0.4, -0.2) is 10.9 Å². The van der Waals surface area contributed by atoms with Gasteiger partial charge in [-0.3, -0.25) is 0 Å². The second-order valence-corrected chi connectivity index (χ2v) is 5.48. The predicted molar refractivity (Wildman–Crippen MR) is 63.2 cm³/mol. The largest absolute Gasteiger partial charge is 0.411 e. The van der Waals surface area contributed by atoms with Crippen molar-refractivity contribution in [3.05, 3.63) is 21.4 Å². The van der Waals surface area contributed by atoms with Crippen LogP contribution >= 0.6 is 22.7 Å². The Hall–Kier alpha value is -0.870. The Labute approximate surface area is 90.5 Å². The summed E-state index contributed by atoms with van der Waals surface area (Å²) in [7, 11) is 0. The molecule has 0 amide bonds. The SMILES string of the molecule is C/C(=N\O)c1sc2scc(C)c2c1C. The average Bonchev–Trinajstić information content (AvgIpc) is 2.68. The van der Waals surface area contributed by atoms with Gasteiger partial charge in [-0.1, -0.05) is 5.16 Å². The highest BCUT2D eigenvalue weighted by atomic mass is 32.2. The summed E-state index contributed by atoms with van der Waals surface area (Å²) < 4.78 is 1.32. The smallest absolute Gasteiger partial charge is 0.0939 e. The number of hydrogen-bond acceptors (Lipinski definition) is 4. The van der Waals surface area contributed by atoms with Gasteiger partial charge in [-0.15, -0.1) is 22.7 Å². The van der Waals surface area contributed by atoms with E-state index in [1.165, 1.54) is 20.5 Å². The molecule has 0 bridgehead atoms. The van der Waals surface area contributed by atoms with E-state index in [9.17, 15) is 0 Å². The van der Waals surface area contributed by atoms with E-state index >= 15 is 0 Å². The summed E-state index contributed by atoms with van der Waals surface area (Å²) in [6.07, 6.45) is 0. The van der Waals surface area contributed by atoms with Crippen LogP contribution in [0, 0.1) is 13.8 Å². The maximum Gasteiger partial charge on any atom is 0.0939 e. The first-order chi connectivity index (χ1) is 6.65. The molecule has 0 aliphatic carbocycles. The van der Waals surface area contributed by atoms with E-state index in [1.54, 1.807) is 22.7 Å². The van der Waals surface area contributed by atoms with Crippen LogP contribution in [0.4, 0.5) is 0 Å². The molecular weight excluding hydrogens is 214 g/mol. The third-order valence-corrected chi connectivity index (χ3v) is 4.95. The number of oxime groups is 1. The van der Waals surface area contributed by atoms with Gasteiger partial charge in [0.15, 0.2) is 0 Å². The van der Waals surface area contributed by atoms with Crippen LogP contribution in [0.15, 0.2) is 10.5 Å². The molecule has 0 atom stereocenters. The first kappa shape index (κ1) is 9.68. The highest BCUT2D eigenvalue weighted by Gasteiger charge is 2.13. The van der Waals surface area contributed by atoms with Gasteiger partial charge in [0.05, 0.1) is 14.6 Å². The first-order valence-electron chi connectivity index (χ1n) is 4.31. The number of hydrogen-bond donors (Lipinski definition) is 1. The monoisotopic (exact) mass is 225 g/mol. The van der Waals surface area contributed by atoms with Gasteiger partial charge in [-0.2, -0.15) is 0 Å². The van der Waals surface area contributed by atoms with Crippen molar-refractivity contribution < 1.29 is 5.21 Å². The molecule has 4 heteroatoms. The molecule has 2 rings (SSSR count). The molecule has 0 aromatic carbocycles. The van der Waals surface area contributed by atoms with Crippen LogP contribution in [0.25, 0.3) is 9.40 Å². The Balaban J connectivity index is 2.75. The predicted octanol–water partition coefficient (Wildman–Crippen LogP) is 3.78. The molecular formula is C10H11NOS2. The Morgan fingerprint density at radius 1 is 1.43 bits per heavy atom. The van der Waals surface area contributed by atoms with Gasteiger partial charge in [0.2, 0.25) is 0 Å². The van der Waals surface area contributed by atoms with Gasteiger partial charge in [0.1, 0.15) is 0 Å². The Bertz CT molecular complexity index is 507. The molecule has 0 spiro atoms. The average molecular weight is 225 g/mol. The minimum Gasteiger partial charge on any atom is -0.411 e. The van der Waals surface area contributed by atoms with Crippen molar-refractivity contribution in [1.82, 2.24) is 0 Å². The zero-order valence-electron chi connectivity index (χ0n) is 8.29. The van der Waals surface area contributed by atoms with Crippen molar-refractivity contribution in [3.8, 4) is 0 Å². The lowest BCUT2D eigenvalue weighted by atomic mass is 10.1. The number of nitrogens with zero attached hydrogens (tertiary/aromatic N) is 1. The molecule has 0 fully saturated rings. The third kappa shape index (κ3) is 1.26. The fraction of sp³-hybridized carbons (Fsp3) is 0.300. The molecule has 0 saturated heterocycles. The van der Waals surface area contributed by atoms with E-state index in [1.807, 2.05) is 6.92 Å². The van der Waals surface area contributed by atoms with Crippen LogP contribution in [0.5, 0.6) is 0 Å². The number of rotatable bonds is 1. The maximum absolute atomic E-state index is 8.74. The van der Waals surface area contributed by atoms with Gasteiger partial charge in [-0.05, 0) is 37.3 Å². The van der Waals surface area contributed by atoms with Crippen LogP contribution < -0.4 is 0 Å². The molecule has 2 aromatic rings. The fourth-order valence-electron chi connectivity index (χ4n) is 1.62. The van der Waals surface area contributed by atoms with Crippen LogP contribution in [-0.2, 0) is 0 Å². The standard InChI is InChI=1S/C10H11NOS2/c1-5-4-13-10-8(5)6(2)9(14-10)7(3)11-12/h4,12H,1-3H3/b11-7+. The van der Waals surface area contributed by atoms with E-state index in [0.29, 0.717) is 5.71 Å². The lowest BCUT2D eigenvalue weighted by Crippen LogP contribution is -1.92. The topological polar surface area (TPSA) is 32.6 Å². The molecule has 2 heterocycles. The highest BCUT2D eigenvalue weighted by molar-refractivity contribution is 7.38. The van der Waals surface area contributed by atoms with Gasteiger partial charge >= 0.3 is 0 Å². The van der Waals surface area contributed by atoms with Crippen molar-refractivity contribution >= 4 is 37.8 Å². The lowest BCUT2D eigenvalue weighted by molar-refractivity contribution is 0.319. The Morgan fingerprint density at radius 2 is 2.14 bits per heavy atom. The summed E-state index contributed by atoms with van der Waals surface area (Å²) in [5.41, 5.74) is 3.25. The summed E-state index contributed by atoms with van der Waals surface area (Å²) in [6, 6.07) is 0. The van der Waals surface area contributed by atoms with Crippen LogP contribution in [0.1, 0.15) is 22.9 Å². The molecule has 0 aliphatic rings. The van der Waals surface area contributed by atoms with Crippen molar-refractivity contribution in [2.75, 3.05) is 0 Å². The molecule has 2 nitrogen and oxygen atoms in total. The second kappa shape index (κ2) is 3.37. The molecule has 0 aliphatic heterocycles. The first-order valence-corrected chi connectivity index (χ1v) is 6.01. The van der Waals surface area contributed by atoms with Crippen molar-refractivity contribution in [3.63, 3.8) is 0 Å². The second-order valence-electron chi connectivity index (χ2n) is 3.32. The van der Waals surface area contributed by atoms with Crippen molar-refractivity contribution in [2.45, 2.75) is 20.8 Å². The molecule has 14 heavy (non-hydrogen) atoms. The molecule has 1 N–H and O–H groups in total. The summed E-state index contributed by atoms with van der Waals surface area (Å²) in [5.74, 6) is 0. The van der Waals surface area contributed by atoms with E-state index < -0.39 is 0 Å². The zero-order chi connectivity index (χ0) is 10.3. The molecule has 74 valence electrons. The quantitative estimate of drug-likeness (QED) is 0.447.